The molecule has 1 amide bonds. The number of carboxylic acids is 1. The summed E-state index contributed by atoms with van der Waals surface area (Å²) in [5, 5.41) is 22.0. The van der Waals surface area contributed by atoms with Crippen molar-refractivity contribution in [2.24, 2.45) is 0 Å². The Bertz CT molecular complexity index is 800. The summed E-state index contributed by atoms with van der Waals surface area (Å²) in [4.78, 5) is 23.5. The maximum Gasteiger partial charge on any atom is 0.335 e. The van der Waals surface area contributed by atoms with Crippen LogP contribution >= 0.6 is 0 Å². The van der Waals surface area contributed by atoms with E-state index in [1.807, 2.05) is 0 Å². The maximum absolute atomic E-state index is 12.0. The van der Waals surface area contributed by atoms with E-state index in [2.05, 4.69) is 5.32 Å². The first-order valence-electron chi connectivity index (χ1n) is 7.04. The number of carbonyl (C=O) groups is 2. The fourth-order valence-electron chi connectivity index (χ4n) is 2.91. The first-order valence-corrected chi connectivity index (χ1v) is 7.04. The van der Waals surface area contributed by atoms with Gasteiger partial charge in [-0.05, 0) is 23.3 Å². The highest BCUT2D eigenvalue weighted by molar-refractivity contribution is 5.97. The highest BCUT2D eigenvalue weighted by Gasteiger charge is 2.30. The van der Waals surface area contributed by atoms with Crippen molar-refractivity contribution in [2.45, 2.75) is 12.3 Å². The monoisotopic (exact) mass is 313 g/mol. The van der Waals surface area contributed by atoms with Gasteiger partial charge in [0, 0.05) is 24.1 Å². The highest BCUT2D eigenvalue weighted by Crippen LogP contribution is 2.43. The van der Waals surface area contributed by atoms with Crippen LogP contribution in [0.1, 0.15) is 33.8 Å². The Labute approximate surface area is 132 Å². The zero-order valence-corrected chi connectivity index (χ0v) is 12.4. The van der Waals surface area contributed by atoms with Crippen molar-refractivity contribution < 1.29 is 24.5 Å². The largest absolute Gasteiger partial charge is 0.504 e. The van der Waals surface area contributed by atoms with Crippen LogP contribution in [-0.2, 0) is 4.79 Å². The minimum Gasteiger partial charge on any atom is -0.504 e. The number of hydrogen-bond acceptors (Lipinski definition) is 4. The van der Waals surface area contributed by atoms with Gasteiger partial charge in [0.05, 0.1) is 12.7 Å². The Kier molecular flexibility index (Phi) is 3.65. The first kappa shape index (κ1) is 14.9. The predicted molar refractivity (Wildman–Crippen MR) is 83.1 cm³/mol. The van der Waals surface area contributed by atoms with E-state index in [9.17, 15) is 19.8 Å². The molecule has 1 aliphatic heterocycles. The van der Waals surface area contributed by atoms with Gasteiger partial charge in [-0.25, -0.2) is 4.79 Å². The van der Waals surface area contributed by atoms with E-state index in [1.54, 1.807) is 24.3 Å². The number of phenolic OH excluding ortho intramolecular Hbond substituents is 1. The molecule has 0 bridgehead atoms. The van der Waals surface area contributed by atoms with Crippen LogP contribution in [0, 0.1) is 0 Å². The summed E-state index contributed by atoms with van der Waals surface area (Å²) in [6, 6.07) is 9.66. The average Bonchev–Trinajstić information content (AvgIpc) is 2.53. The molecule has 6 nitrogen and oxygen atoms in total. The maximum atomic E-state index is 12.0. The molecule has 0 fully saturated rings. The number of rotatable bonds is 3. The molecule has 3 rings (SSSR count). The first-order chi connectivity index (χ1) is 11.0. The lowest BCUT2D eigenvalue weighted by molar-refractivity contribution is -0.116. The molecule has 3 N–H and O–H groups in total. The molecule has 0 aromatic heterocycles. The zero-order valence-electron chi connectivity index (χ0n) is 12.4. The lowest BCUT2D eigenvalue weighted by atomic mass is 9.82. The fourth-order valence-corrected chi connectivity index (χ4v) is 2.91. The van der Waals surface area contributed by atoms with E-state index in [4.69, 9.17) is 4.74 Å². The van der Waals surface area contributed by atoms with Crippen molar-refractivity contribution in [1.29, 1.82) is 0 Å². The van der Waals surface area contributed by atoms with E-state index >= 15 is 0 Å². The molecule has 0 spiro atoms. The Morgan fingerprint density at radius 2 is 2.00 bits per heavy atom. The van der Waals surface area contributed by atoms with Gasteiger partial charge in [-0.3, -0.25) is 4.79 Å². The van der Waals surface area contributed by atoms with Gasteiger partial charge in [0.1, 0.15) is 0 Å². The molecule has 2 aromatic rings. The molecular weight excluding hydrogens is 298 g/mol. The summed E-state index contributed by atoms with van der Waals surface area (Å²) in [6.45, 7) is 0. The van der Waals surface area contributed by atoms with Gasteiger partial charge in [0.15, 0.2) is 11.5 Å². The molecule has 23 heavy (non-hydrogen) atoms. The fraction of sp³-hybridized carbons (Fsp3) is 0.176. The van der Waals surface area contributed by atoms with Crippen molar-refractivity contribution in [3.8, 4) is 11.5 Å². The molecule has 0 saturated carbocycles. The molecular formula is C17H15NO5. The lowest BCUT2D eigenvalue weighted by Gasteiger charge is -2.27. The Balaban J connectivity index is 2.19. The van der Waals surface area contributed by atoms with E-state index in [0.29, 0.717) is 16.8 Å². The third-order valence-corrected chi connectivity index (χ3v) is 3.96. The second-order valence-electron chi connectivity index (χ2n) is 5.31. The van der Waals surface area contributed by atoms with E-state index < -0.39 is 11.9 Å². The summed E-state index contributed by atoms with van der Waals surface area (Å²) in [5.74, 6) is -1.50. The molecule has 0 saturated heterocycles. The third kappa shape index (κ3) is 2.59. The van der Waals surface area contributed by atoms with Crippen LogP contribution in [0.4, 0.5) is 5.69 Å². The summed E-state index contributed by atoms with van der Waals surface area (Å²) in [6.07, 6.45) is 0.130. The highest BCUT2D eigenvalue weighted by atomic mass is 16.5. The second kappa shape index (κ2) is 5.64. The summed E-state index contributed by atoms with van der Waals surface area (Å²) in [5.41, 5.74) is 1.90. The second-order valence-corrected chi connectivity index (χ2v) is 5.31. The number of benzene rings is 2. The van der Waals surface area contributed by atoms with Gasteiger partial charge in [0.25, 0.3) is 0 Å². The predicted octanol–water partition coefficient (Wildman–Crippen LogP) is 2.57. The van der Waals surface area contributed by atoms with E-state index in [1.165, 1.54) is 19.2 Å². The number of aromatic carboxylic acids is 1. The number of carbonyl (C=O) groups excluding carboxylic acids is 1. The molecule has 1 heterocycles. The Morgan fingerprint density at radius 3 is 2.70 bits per heavy atom. The number of fused-ring (bicyclic) bond motifs is 1. The lowest BCUT2D eigenvalue weighted by Crippen LogP contribution is -2.24. The van der Waals surface area contributed by atoms with Crippen LogP contribution in [0.2, 0.25) is 0 Å². The Hall–Kier alpha value is -3.02. The molecule has 1 atom stereocenters. The van der Waals surface area contributed by atoms with Crippen LogP contribution < -0.4 is 10.1 Å². The SMILES string of the molecule is COc1cc2c(cc1O)NC(=O)C[C@H]2c1ccccc1C(=O)O. The molecule has 1 aliphatic rings. The van der Waals surface area contributed by atoms with Crippen molar-refractivity contribution in [3.63, 3.8) is 0 Å². The molecule has 2 aromatic carbocycles. The van der Waals surface area contributed by atoms with Gasteiger partial charge >= 0.3 is 5.97 Å². The van der Waals surface area contributed by atoms with Crippen LogP contribution in [0.15, 0.2) is 36.4 Å². The van der Waals surface area contributed by atoms with E-state index in [0.717, 1.165) is 0 Å². The van der Waals surface area contributed by atoms with Gasteiger partial charge in [-0.15, -0.1) is 0 Å². The number of anilines is 1. The minimum atomic E-state index is -1.04. The average molecular weight is 313 g/mol. The van der Waals surface area contributed by atoms with Crippen LogP contribution in [-0.4, -0.2) is 29.2 Å². The summed E-state index contributed by atoms with van der Waals surface area (Å²) in [7, 11) is 1.43. The third-order valence-electron chi connectivity index (χ3n) is 3.96. The van der Waals surface area contributed by atoms with E-state index in [-0.39, 0.29) is 29.4 Å². The van der Waals surface area contributed by atoms with Gasteiger partial charge < -0.3 is 20.3 Å². The van der Waals surface area contributed by atoms with Gasteiger partial charge in [-0.1, -0.05) is 18.2 Å². The molecule has 0 aliphatic carbocycles. The molecule has 0 unspecified atom stereocenters. The number of hydrogen-bond donors (Lipinski definition) is 3. The summed E-state index contributed by atoms with van der Waals surface area (Å²) >= 11 is 0. The Morgan fingerprint density at radius 1 is 1.26 bits per heavy atom. The smallest absolute Gasteiger partial charge is 0.335 e. The van der Waals surface area contributed by atoms with Crippen molar-refractivity contribution in [3.05, 3.63) is 53.1 Å². The van der Waals surface area contributed by atoms with Crippen molar-refractivity contribution in [1.82, 2.24) is 0 Å². The van der Waals surface area contributed by atoms with Crippen LogP contribution in [0.25, 0.3) is 0 Å². The summed E-state index contributed by atoms with van der Waals surface area (Å²) < 4.78 is 5.12. The quantitative estimate of drug-likeness (QED) is 0.809. The van der Waals surface area contributed by atoms with Crippen molar-refractivity contribution >= 4 is 17.6 Å². The molecule has 0 radical (unpaired) electrons. The number of carboxylic acid groups (broad SMARTS) is 1. The zero-order chi connectivity index (χ0) is 16.6. The molecule has 6 heteroatoms. The standard InChI is InChI=1S/C17H15NO5/c1-23-15-6-12-11(7-16(20)18-13(12)8-14(15)19)9-4-2-3-5-10(9)17(21)22/h2-6,8,11,19H,7H2,1H3,(H,18,20)(H,21,22)/t11-/m0/s1. The topological polar surface area (TPSA) is 95.9 Å². The normalized spacial score (nSPS) is 16.4. The van der Waals surface area contributed by atoms with Crippen molar-refractivity contribution in [2.75, 3.05) is 12.4 Å². The van der Waals surface area contributed by atoms with Gasteiger partial charge in [0.2, 0.25) is 5.91 Å². The number of methoxy groups -OCH3 is 1. The van der Waals surface area contributed by atoms with Crippen LogP contribution in [0.5, 0.6) is 11.5 Å². The molecule has 118 valence electrons. The minimum absolute atomic E-state index is 0.0845. The number of ether oxygens (including phenoxy) is 1. The number of amides is 1. The number of phenols is 1. The number of nitrogens with one attached hydrogen (secondary N) is 1. The van der Waals surface area contributed by atoms with Crippen LogP contribution in [0.3, 0.4) is 0 Å². The number of aromatic hydroxyl groups is 1. The van der Waals surface area contributed by atoms with Gasteiger partial charge in [-0.2, -0.15) is 0 Å².